The van der Waals surface area contributed by atoms with E-state index < -0.39 is 0 Å². The summed E-state index contributed by atoms with van der Waals surface area (Å²) in [5, 5.41) is 7.45. The maximum absolute atomic E-state index is 4.64. The fraction of sp³-hybridized carbons (Fsp3) is 0.500. The number of hydrogen-bond acceptors (Lipinski definition) is 4. The molecule has 102 valence electrons. The van der Waals surface area contributed by atoms with Crippen molar-refractivity contribution in [2.75, 3.05) is 12.4 Å². The molecule has 0 aromatic carbocycles. The summed E-state index contributed by atoms with van der Waals surface area (Å²) >= 11 is 0. The minimum absolute atomic E-state index is 0.396. The van der Waals surface area contributed by atoms with E-state index in [1.807, 2.05) is 24.7 Å². The van der Waals surface area contributed by atoms with Crippen molar-refractivity contribution in [3.05, 3.63) is 23.5 Å². The SMILES string of the molecule is CCn1nccc1-c1nc(C)c(C(C)C)c(NC)n1. The van der Waals surface area contributed by atoms with Crippen molar-refractivity contribution in [3.63, 3.8) is 0 Å². The molecule has 5 heteroatoms. The summed E-state index contributed by atoms with van der Waals surface area (Å²) < 4.78 is 1.91. The van der Waals surface area contributed by atoms with Crippen molar-refractivity contribution in [3.8, 4) is 11.5 Å². The number of nitrogens with zero attached hydrogens (tertiary/aromatic N) is 4. The molecule has 0 spiro atoms. The molecule has 2 rings (SSSR count). The van der Waals surface area contributed by atoms with Gasteiger partial charge in [0.2, 0.25) is 0 Å². The van der Waals surface area contributed by atoms with Crippen molar-refractivity contribution in [2.45, 2.75) is 40.2 Å². The van der Waals surface area contributed by atoms with E-state index in [9.17, 15) is 0 Å². The van der Waals surface area contributed by atoms with E-state index in [0.717, 1.165) is 29.6 Å². The number of rotatable bonds is 4. The van der Waals surface area contributed by atoms with E-state index in [1.54, 1.807) is 6.20 Å². The number of aryl methyl sites for hydroxylation is 2. The predicted molar refractivity (Wildman–Crippen MR) is 77.3 cm³/mol. The molecule has 2 heterocycles. The molecule has 0 saturated carbocycles. The lowest BCUT2D eigenvalue weighted by Gasteiger charge is -2.15. The van der Waals surface area contributed by atoms with Crippen LogP contribution >= 0.6 is 0 Å². The molecular formula is C14H21N5. The van der Waals surface area contributed by atoms with Gasteiger partial charge in [0.15, 0.2) is 5.82 Å². The van der Waals surface area contributed by atoms with Crippen LogP contribution in [-0.4, -0.2) is 26.8 Å². The summed E-state index contributed by atoms with van der Waals surface area (Å²) in [5.74, 6) is 2.03. The number of aromatic nitrogens is 4. The maximum atomic E-state index is 4.64. The highest BCUT2D eigenvalue weighted by Gasteiger charge is 2.16. The summed E-state index contributed by atoms with van der Waals surface area (Å²) in [4.78, 5) is 9.28. The van der Waals surface area contributed by atoms with E-state index in [1.165, 1.54) is 5.56 Å². The number of hydrogen-bond donors (Lipinski definition) is 1. The van der Waals surface area contributed by atoms with E-state index in [-0.39, 0.29) is 0 Å². The molecule has 2 aromatic heterocycles. The molecule has 0 aliphatic heterocycles. The third-order valence-corrected chi connectivity index (χ3v) is 3.20. The Hall–Kier alpha value is -1.91. The second kappa shape index (κ2) is 5.38. The first kappa shape index (κ1) is 13.5. The Kier molecular flexibility index (Phi) is 3.83. The van der Waals surface area contributed by atoms with Gasteiger partial charge in [0.25, 0.3) is 0 Å². The van der Waals surface area contributed by atoms with Gasteiger partial charge in [-0.05, 0) is 25.8 Å². The topological polar surface area (TPSA) is 55.6 Å². The predicted octanol–water partition coefficient (Wildman–Crippen LogP) is 2.83. The lowest BCUT2D eigenvalue weighted by molar-refractivity contribution is 0.663. The Labute approximate surface area is 114 Å². The van der Waals surface area contributed by atoms with Gasteiger partial charge in [0.05, 0.1) is 0 Å². The summed E-state index contributed by atoms with van der Waals surface area (Å²) in [6.07, 6.45) is 1.78. The lowest BCUT2D eigenvalue weighted by atomic mass is 10.0. The summed E-state index contributed by atoms with van der Waals surface area (Å²) in [5.41, 5.74) is 3.15. The highest BCUT2D eigenvalue weighted by Crippen LogP contribution is 2.27. The molecule has 0 fully saturated rings. The molecule has 0 radical (unpaired) electrons. The lowest BCUT2D eigenvalue weighted by Crippen LogP contribution is -2.09. The minimum atomic E-state index is 0.396. The quantitative estimate of drug-likeness (QED) is 0.917. The van der Waals surface area contributed by atoms with Gasteiger partial charge in [0, 0.05) is 31.0 Å². The molecule has 0 aliphatic carbocycles. The largest absolute Gasteiger partial charge is 0.373 e. The van der Waals surface area contributed by atoms with Crippen LogP contribution in [0.4, 0.5) is 5.82 Å². The van der Waals surface area contributed by atoms with E-state index in [4.69, 9.17) is 0 Å². The zero-order valence-corrected chi connectivity index (χ0v) is 12.2. The van der Waals surface area contributed by atoms with Gasteiger partial charge in [-0.15, -0.1) is 0 Å². The van der Waals surface area contributed by atoms with Crippen molar-refractivity contribution >= 4 is 5.82 Å². The second-order valence-corrected chi connectivity index (χ2v) is 4.83. The average molecular weight is 259 g/mol. The number of anilines is 1. The van der Waals surface area contributed by atoms with Crippen LogP contribution in [-0.2, 0) is 6.54 Å². The van der Waals surface area contributed by atoms with Crippen LogP contribution in [0.5, 0.6) is 0 Å². The maximum Gasteiger partial charge on any atom is 0.180 e. The van der Waals surface area contributed by atoms with Crippen LogP contribution in [0.1, 0.15) is 37.9 Å². The molecule has 0 bridgehead atoms. The van der Waals surface area contributed by atoms with Gasteiger partial charge >= 0.3 is 0 Å². The van der Waals surface area contributed by atoms with Crippen molar-refractivity contribution < 1.29 is 0 Å². The first-order valence-electron chi connectivity index (χ1n) is 6.66. The second-order valence-electron chi connectivity index (χ2n) is 4.83. The highest BCUT2D eigenvalue weighted by atomic mass is 15.3. The monoisotopic (exact) mass is 259 g/mol. The minimum Gasteiger partial charge on any atom is -0.373 e. The summed E-state index contributed by atoms with van der Waals surface area (Å²) in [6, 6.07) is 1.95. The molecule has 2 aromatic rings. The molecule has 1 N–H and O–H groups in total. The van der Waals surface area contributed by atoms with E-state index in [0.29, 0.717) is 5.92 Å². The van der Waals surface area contributed by atoms with Crippen molar-refractivity contribution in [1.82, 2.24) is 19.7 Å². The van der Waals surface area contributed by atoms with Crippen LogP contribution in [0.3, 0.4) is 0 Å². The first-order chi connectivity index (χ1) is 9.08. The van der Waals surface area contributed by atoms with Gasteiger partial charge in [-0.3, -0.25) is 4.68 Å². The average Bonchev–Trinajstić information content (AvgIpc) is 2.85. The molecule has 0 aliphatic rings. The third-order valence-electron chi connectivity index (χ3n) is 3.20. The first-order valence-corrected chi connectivity index (χ1v) is 6.66. The van der Waals surface area contributed by atoms with Gasteiger partial charge < -0.3 is 5.32 Å². The van der Waals surface area contributed by atoms with Crippen LogP contribution in [0, 0.1) is 6.92 Å². The molecule has 19 heavy (non-hydrogen) atoms. The zero-order valence-electron chi connectivity index (χ0n) is 12.2. The van der Waals surface area contributed by atoms with Crippen molar-refractivity contribution in [2.24, 2.45) is 0 Å². The Morgan fingerprint density at radius 1 is 1.32 bits per heavy atom. The molecule has 0 amide bonds. The molecule has 5 nitrogen and oxygen atoms in total. The van der Waals surface area contributed by atoms with E-state index in [2.05, 4.69) is 41.2 Å². The van der Waals surface area contributed by atoms with Crippen LogP contribution in [0.2, 0.25) is 0 Å². The molecule has 0 atom stereocenters. The van der Waals surface area contributed by atoms with Crippen LogP contribution in [0.25, 0.3) is 11.5 Å². The van der Waals surface area contributed by atoms with Gasteiger partial charge in [-0.1, -0.05) is 13.8 Å². The summed E-state index contributed by atoms with van der Waals surface area (Å²) in [7, 11) is 1.90. The fourth-order valence-corrected chi connectivity index (χ4v) is 2.35. The van der Waals surface area contributed by atoms with Gasteiger partial charge in [0.1, 0.15) is 11.5 Å². The standard InChI is InChI=1S/C14H21N5/c1-6-19-11(7-8-16-19)13-17-10(4)12(9(2)3)14(15-5)18-13/h7-9H,6H2,1-5H3,(H,15,17,18). The Morgan fingerprint density at radius 2 is 2.05 bits per heavy atom. The highest BCUT2D eigenvalue weighted by molar-refractivity contribution is 5.57. The smallest absolute Gasteiger partial charge is 0.180 e. The van der Waals surface area contributed by atoms with Crippen LogP contribution in [0.15, 0.2) is 12.3 Å². The molecular weight excluding hydrogens is 238 g/mol. The van der Waals surface area contributed by atoms with Crippen molar-refractivity contribution in [1.29, 1.82) is 0 Å². The Bertz CT molecular complexity index is 571. The van der Waals surface area contributed by atoms with Gasteiger partial charge in [-0.2, -0.15) is 5.10 Å². The number of nitrogens with one attached hydrogen (secondary N) is 1. The van der Waals surface area contributed by atoms with Gasteiger partial charge in [-0.25, -0.2) is 9.97 Å². The normalized spacial score (nSPS) is 11.1. The molecule has 0 saturated heterocycles. The van der Waals surface area contributed by atoms with E-state index >= 15 is 0 Å². The molecule has 0 unspecified atom stereocenters. The Morgan fingerprint density at radius 3 is 2.63 bits per heavy atom. The fourth-order valence-electron chi connectivity index (χ4n) is 2.35. The summed E-state index contributed by atoms with van der Waals surface area (Å²) in [6.45, 7) is 9.22. The third kappa shape index (κ3) is 2.45. The Balaban J connectivity index is 2.58. The zero-order chi connectivity index (χ0) is 14.0. The van der Waals surface area contributed by atoms with Crippen LogP contribution < -0.4 is 5.32 Å².